The first-order valence-corrected chi connectivity index (χ1v) is 9.75. The highest BCUT2D eigenvalue weighted by molar-refractivity contribution is 5.77. The fraction of sp³-hybridized carbons (Fsp3) is 0.500. The Balaban J connectivity index is 1.27. The molecular formula is C20H25N5O. The molecule has 0 atom stereocenters. The monoisotopic (exact) mass is 351 g/mol. The second kappa shape index (κ2) is 6.76. The third kappa shape index (κ3) is 2.98. The minimum Gasteiger partial charge on any atom is -0.361 e. The number of rotatable bonds is 3. The van der Waals surface area contributed by atoms with Gasteiger partial charge in [-0.2, -0.15) is 0 Å². The third-order valence-electron chi connectivity index (χ3n) is 5.67. The molecule has 0 saturated carbocycles. The van der Waals surface area contributed by atoms with Crippen molar-refractivity contribution in [2.75, 3.05) is 31.1 Å². The number of imidazole rings is 1. The molecule has 26 heavy (non-hydrogen) atoms. The molecule has 1 N–H and O–H groups in total. The molecule has 136 valence electrons. The number of anilines is 1. The summed E-state index contributed by atoms with van der Waals surface area (Å²) in [7, 11) is 0. The zero-order valence-electron chi connectivity index (χ0n) is 15.1. The minimum atomic E-state index is 0.910. The molecular weight excluding hydrogens is 326 g/mol. The molecule has 6 heteroatoms. The van der Waals surface area contributed by atoms with Gasteiger partial charge < -0.3 is 14.4 Å². The van der Waals surface area contributed by atoms with E-state index in [2.05, 4.69) is 32.1 Å². The van der Waals surface area contributed by atoms with E-state index in [1.54, 1.807) is 0 Å². The number of aromatic nitrogens is 3. The summed E-state index contributed by atoms with van der Waals surface area (Å²) in [5.74, 6) is 2.12. The largest absolute Gasteiger partial charge is 0.361 e. The summed E-state index contributed by atoms with van der Waals surface area (Å²) < 4.78 is 5.58. The fourth-order valence-electron chi connectivity index (χ4n) is 4.21. The average molecular weight is 351 g/mol. The van der Waals surface area contributed by atoms with Crippen LogP contribution in [0.5, 0.6) is 0 Å². The lowest BCUT2D eigenvalue weighted by atomic mass is 9.96. The van der Waals surface area contributed by atoms with Crippen molar-refractivity contribution in [1.29, 1.82) is 0 Å². The maximum atomic E-state index is 5.58. The number of nitrogens with zero attached hydrogens (tertiary/aromatic N) is 4. The van der Waals surface area contributed by atoms with Gasteiger partial charge in [0.2, 0.25) is 5.95 Å². The summed E-state index contributed by atoms with van der Waals surface area (Å²) in [6.45, 7) is 5.05. The topological polar surface area (TPSA) is 61.2 Å². The van der Waals surface area contributed by atoms with Crippen molar-refractivity contribution < 1.29 is 4.52 Å². The predicted octanol–water partition coefficient (Wildman–Crippen LogP) is 3.14. The van der Waals surface area contributed by atoms with Crippen LogP contribution in [0.15, 0.2) is 28.8 Å². The molecule has 2 aliphatic rings. The van der Waals surface area contributed by atoms with Gasteiger partial charge in [0.1, 0.15) is 11.5 Å². The van der Waals surface area contributed by atoms with Crippen LogP contribution in [0.1, 0.15) is 36.3 Å². The molecule has 0 spiro atoms. The Kier molecular flexibility index (Phi) is 4.13. The Hall–Kier alpha value is -2.34. The zero-order chi connectivity index (χ0) is 17.3. The number of aromatic amines is 1. The summed E-state index contributed by atoms with van der Waals surface area (Å²) in [5, 5.41) is 4.38. The Bertz CT molecular complexity index is 866. The molecule has 0 amide bonds. The van der Waals surface area contributed by atoms with Gasteiger partial charge in [-0.05, 0) is 37.8 Å². The van der Waals surface area contributed by atoms with E-state index >= 15 is 0 Å². The molecule has 5 rings (SSSR count). The second-order valence-corrected chi connectivity index (χ2v) is 7.43. The van der Waals surface area contributed by atoms with E-state index in [9.17, 15) is 0 Å². The number of hydrogen-bond donors (Lipinski definition) is 1. The smallest absolute Gasteiger partial charge is 0.203 e. The van der Waals surface area contributed by atoms with Gasteiger partial charge in [0.25, 0.3) is 0 Å². The van der Waals surface area contributed by atoms with Crippen molar-refractivity contribution in [3.63, 3.8) is 0 Å². The van der Waals surface area contributed by atoms with Crippen molar-refractivity contribution in [3.05, 3.63) is 41.3 Å². The second-order valence-electron chi connectivity index (χ2n) is 7.43. The van der Waals surface area contributed by atoms with E-state index in [1.165, 1.54) is 18.4 Å². The fourth-order valence-corrected chi connectivity index (χ4v) is 4.21. The Morgan fingerprint density at radius 1 is 1.00 bits per heavy atom. The third-order valence-corrected chi connectivity index (χ3v) is 5.67. The molecule has 0 bridgehead atoms. The van der Waals surface area contributed by atoms with Gasteiger partial charge in [-0.15, -0.1) is 0 Å². The molecule has 1 aliphatic heterocycles. The van der Waals surface area contributed by atoms with Crippen LogP contribution in [-0.2, 0) is 19.4 Å². The first kappa shape index (κ1) is 15.9. The average Bonchev–Trinajstić information content (AvgIpc) is 3.21. The van der Waals surface area contributed by atoms with Crippen LogP contribution < -0.4 is 4.90 Å². The number of nitrogens with one attached hydrogen (secondary N) is 1. The van der Waals surface area contributed by atoms with E-state index in [0.29, 0.717) is 0 Å². The molecule has 2 aromatic heterocycles. The predicted molar refractivity (Wildman–Crippen MR) is 101 cm³/mol. The number of hydrogen-bond acceptors (Lipinski definition) is 5. The van der Waals surface area contributed by atoms with Crippen LogP contribution in [0.2, 0.25) is 0 Å². The van der Waals surface area contributed by atoms with Crippen LogP contribution >= 0.6 is 0 Å². The Morgan fingerprint density at radius 3 is 2.88 bits per heavy atom. The molecule has 3 heterocycles. The quantitative estimate of drug-likeness (QED) is 0.785. The summed E-state index contributed by atoms with van der Waals surface area (Å²) in [4.78, 5) is 13.1. The number of benzene rings is 1. The van der Waals surface area contributed by atoms with Crippen molar-refractivity contribution in [3.8, 4) is 0 Å². The molecule has 1 aliphatic carbocycles. The van der Waals surface area contributed by atoms with Crippen LogP contribution in [0.3, 0.4) is 0 Å². The summed E-state index contributed by atoms with van der Waals surface area (Å²) in [6, 6.07) is 8.24. The SMILES string of the molecule is c1ccc2[nH]c(N3CCCN(Cc4noc5c4CCCC5)CC3)nc2c1. The van der Waals surface area contributed by atoms with Gasteiger partial charge in [0.05, 0.1) is 11.0 Å². The highest BCUT2D eigenvalue weighted by atomic mass is 16.5. The zero-order valence-corrected chi connectivity index (χ0v) is 15.1. The van der Waals surface area contributed by atoms with Gasteiger partial charge in [0.15, 0.2) is 0 Å². The lowest BCUT2D eigenvalue weighted by Gasteiger charge is -2.21. The molecule has 3 aromatic rings. The summed E-state index contributed by atoms with van der Waals surface area (Å²) >= 11 is 0. The van der Waals surface area contributed by atoms with E-state index < -0.39 is 0 Å². The summed E-state index contributed by atoms with van der Waals surface area (Å²) in [6.07, 6.45) is 5.82. The van der Waals surface area contributed by atoms with Gasteiger partial charge in [-0.3, -0.25) is 4.90 Å². The lowest BCUT2D eigenvalue weighted by molar-refractivity contribution is 0.273. The molecule has 0 radical (unpaired) electrons. The highest BCUT2D eigenvalue weighted by Gasteiger charge is 2.23. The van der Waals surface area contributed by atoms with E-state index in [1.807, 2.05) is 12.1 Å². The van der Waals surface area contributed by atoms with Crippen LogP contribution in [0.4, 0.5) is 5.95 Å². The van der Waals surface area contributed by atoms with Crippen molar-refractivity contribution in [2.24, 2.45) is 0 Å². The van der Waals surface area contributed by atoms with Crippen molar-refractivity contribution >= 4 is 17.0 Å². The van der Waals surface area contributed by atoms with Crippen LogP contribution in [0.25, 0.3) is 11.0 Å². The van der Waals surface area contributed by atoms with E-state index in [4.69, 9.17) is 9.51 Å². The maximum Gasteiger partial charge on any atom is 0.203 e. The minimum absolute atomic E-state index is 0.910. The van der Waals surface area contributed by atoms with E-state index in [0.717, 1.165) is 80.4 Å². The summed E-state index contributed by atoms with van der Waals surface area (Å²) in [5.41, 5.74) is 4.70. The molecule has 1 fully saturated rings. The standard InChI is InChI=1S/C20H25N5O/c1-4-9-19-15(6-1)18(23-26-19)14-24-10-5-11-25(13-12-24)20-21-16-7-2-3-8-17(16)22-20/h2-3,7-8H,1,4-6,9-14H2,(H,21,22). The first-order chi connectivity index (χ1) is 12.9. The lowest BCUT2D eigenvalue weighted by Crippen LogP contribution is -2.31. The number of aryl methyl sites for hydroxylation is 1. The number of fused-ring (bicyclic) bond motifs is 2. The van der Waals surface area contributed by atoms with Gasteiger partial charge >= 0.3 is 0 Å². The van der Waals surface area contributed by atoms with Crippen LogP contribution in [0, 0.1) is 0 Å². The van der Waals surface area contributed by atoms with E-state index in [-0.39, 0.29) is 0 Å². The first-order valence-electron chi connectivity index (χ1n) is 9.75. The molecule has 0 unspecified atom stereocenters. The molecule has 6 nitrogen and oxygen atoms in total. The van der Waals surface area contributed by atoms with Crippen LogP contribution in [-0.4, -0.2) is 46.2 Å². The van der Waals surface area contributed by atoms with Gasteiger partial charge in [-0.25, -0.2) is 4.98 Å². The molecule has 1 aromatic carbocycles. The number of H-pyrrole nitrogens is 1. The highest BCUT2D eigenvalue weighted by Crippen LogP contribution is 2.25. The van der Waals surface area contributed by atoms with Gasteiger partial charge in [0, 0.05) is 44.7 Å². The normalized spacial score (nSPS) is 18.8. The van der Waals surface area contributed by atoms with Crippen molar-refractivity contribution in [2.45, 2.75) is 38.6 Å². The maximum absolute atomic E-state index is 5.58. The van der Waals surface area contributed by atoms with Crippen molar-refractivity contribution in [1.82, 2.24) is 20.0 Å². The number of para-hydroxylation sites is 2. The van der Waals surface area contributed by atoms with Gasteiger partial charge in [-0.1, -0.05) is 17.3 Å². The Morgan fingerprint density at radius 2 is 1.92 bits per heavy atom. The Labute approximate surface area is 153 Å². The molecule has 1 saturated heterocycles.